The average molecular weight is 292 g/mol. The number of aromatic nitrogens is 1. The van der Waals surface area contributed by atoms with Crippen LogP contribution in [-0.2, 0) is 4.79 Å². The molecule has 0 radical (unpaired) electrons. The van der Waals surface area contributed by atoms with E-state index in [9.17, 15) is 4.79 Å². The van der Waals surface area contributed by atoms with Crippen molar-refractivity contribution in [3.05, 3.63) is 24.0 Å². The molecule has 1 unspecified atom stereocenters. The molecular formula is C12H19Cl2N3O. The molecule has 6 heteroatoms. The highest BCUT2D eigenvalue weighted by atomic mass is 35.5. The van der Waals surface area contributed by atoms with Gasteiger partial charge < -0.3 is 10.6 Å². The summed E-state index contributed by atoms with van der Waals surface area (Å²) in [5.41, 5.74) is 1.68. The second-order valence-corrected chi connectivity index (χ2v) is 4.25. The molecule has 4 nitrogen and oxygen atoms in total. The summed E-state index contributed by atoms with van der Waals surface area (Å²) < 4.78 is 0. The average Bonchev–Trinajstić information content (AvgIpc) is 2.74. The van der Waals surface area contributed by atoms with E-state index in [0.29, 0.717) is 12.3 Å². The van der Waals surface area contributed by atoms with Gasteiger partial charge in [0.2, 0.25) is 5.91 Å². The third kappa shape index (κ3) is 4.80. The van der Waals surface area contributed by atoms with Crippen molar-refractivity contribution in [1.82, 2.24) is 10.3 Å². The Morgan fingerprint density at radius 2 is 2.33 bits per heavy atom. The number of nitrogens with one attached hydrogen (secondary N) is 2. The molecule has 0 bridgehead atoms. The lowest BCUT2D eigenvalue weighted by molar-refractivity contribution is -0.116. The maximum Gasteiger partial charge on any atom is 0.224 e. The molecule has 0 saturated carbocycles. The molecule has 1 fully saturated rings. The molecule has 1 aliphatic heterocycles. The van der Waals surface area contributed by atoms with Crippen LogP contribution in [-0.4, -0.2) is 24.0 Å². The first-order valence-corrected chi connectivity index (χ1v) is 5.68. The predicted octanol–water partition coefficient (Wildman–Crippen LogP) is 2.17. The highest BCUT2D eigenvalue weighted by molar-refractivity contribution is 5.91. The lowest BCUT2D eigenvalue weighted by Gasteiger charge is -2.10. The van der Waals surface area contributed by atoms with Crippen LogP contribution in [0.3, 0.4) is 0 Å². The zero-order valence-electron chi connectivity index (χ0n) is 10.3. The third-order valence-corrected chi connectivity index (χ3v) is 2.92. The van der Waals surface area contributed by atoms with Crippen molar-refractivity contribution in [3.63, 3.8) is 0 Å². The smallest absolute Gasteiger partial charge is 0.224 e. The van der Waals surface area contributed by atoms with Gasteiger partial charge in [0.1, 0.15) is 0 Å². The van der Waals surface area contributed by atoms with E-state index in [1.54, 1.807) is 6.20 Å². The summed E-state index contributed by atoms with van der Waals surface area (Å²) in [5.74, 6) is 0.571. The van der Waals surface area contributed by atoms with Gasteiger partial charge >= 0.3 is 0 Å². The van der Waals surface area contributed by atoms with Gasteiger partial charge in [0.05, 0.1) is 11.4 Å². The molecule has 2 rings (SSSR count). The molecule has 2 N–H and O–H groups in total. The first-order valence-electron chi connectivity index (χ1n) is 5.68. The standard InChI is InChI=1S/C12H17N3O.2ClH/c1-9-11(3-2-5-14-9)15-12(16)7-10-4-6-13-8-10;;/h2-3,5,10,13H,4,6-8H2,1H3,(H,15,16);2*1H. The van der Waals surface area contributed by atoms with Gasteiger partial charge in [-0.3, -0.25) is 9.78 Å². The molecule has 0 aromatic carbocycles. The van der Waals surface area contributed by atoms with E-state index in [1.807, 2.05) is 19.1 Å². The summed E-state index contributed by atoms with van der Waals surface area (Å²) >= 11 is 0. The normalized spacial score (nSPS) is 17.5. The third-order valence-electron chi connectivity index (χ3n) is 2.92. The van der Waals surface area contributed by atoms with Gasteiger partial charge in [-0.05, 0) is 44.5 Å². The SMILES string of the molecule is Cc1ncccc1NC(=O)CC1CCNC1.Cl.Cl. The summed E-state index contributed by atoms with van der Waals surface area (Å²) in [7, 11) is 0. The van der Waals surface area contributed by atoms with Crippen LogP contribution in [0.2, 0.25) is 0 Å². The molecule has 1 atom stereocenters. The number of aryl methyl sites for hydroxylation is 1. The fourth-order valence-corrected chi connectivity index (χ4v) is 1.97. The van der Waals surface area contributed by atoms with Gasteiger partial charge in [0.25, 0.3) is 0 Å². The molecule has 1 saturated heterocycles. The Hall–Kier alpha value is -0.840. The predicted molar refractivity (Wildman–Crippen MR) is 77.7 cm³/mol. The van der Waals surface area contributed by atoms with E-state index in [2.05, 4.69) is 15.6 Å². The van der Waals surface area contributed by atoms with E-state index in [4.69, 9.17) is 0 Å². The minimum Gasteiger partial charge on any atom is -0.324 e. The molecule has 0 aliphatic carbocycles. The molecule has 102 valence electrons. The van der Waals surface area contributed by atoms with Crippen LogP contribution >= 0.6 is 24.8 Å². The van der Waals surface area contributed by atoms with E-state index in [0.717, 1.165) is 30.9 Å². The Labute approximate surface area is 120 Å². The molecular weight excluding hydrogens is 273 g/mol. The van der Waals surface area contributed by atoms with Crippen LogP contribution in [0, 0.1) is 12.8 Å². The number of nitrogens with zero attached hydrogens (tertiary/aromatic N) is 1. The first-order chi connectivity index (χ1) is 7.75. The number of hydrogen-bond donors (Lipinski definition) is 2. The Balaban J connectivity index is 0.00000144. The van der Waals surface area contributed by atoms with Crippen LogP contribution in [0.4, 0.5) is 5.69 Å². The van der Waals surface area contributed by atoms with E-state index in [-0.39, 0.29) is 30.7 Å². The molecule has 0 spiro atoms. The highest BCUT2D eigenvalue weighted by Gasteiger charge is 2.18. The van der Waals surface area contributed by atoms with Gasteiger partial charge in [-0.1, -0.05) is 0 Å². The number of rotatable bonds is 3. The summed E-state index contributed by atoms with van der Waals surface area (Å²) in [4.78, 5) is 15.9. The molecule has 1 aliphatic rings. The van der Waals surface area contributed by atoms with Crippen molar-refractivity contribution in [3.8, 4) is 0 Å². The van der Waals surface area contributed by atoms with Gasteiger partial charge in [-0.2, -0.15) is 0 Å². The van der Waals surface area contributed by atoms with Crippen molar-refractivity contribution >= 4 is 36.4 Å². The first kappa shape index (κ1) is 17.2. The topological polar surface area (TPSA) is 54.0 Å². The second-order valence-electron chi connectivity index (χ2n) is 4.25. The minimum atomic E-state index is 0. The lowest BCUT2D eigenvalue weighted by Crippen LogP contribution is -2.18. The minimum absolute atomic E-state index is 0. The summed E-state index contributed by atoms with van der Waals surface area (Å²) in [5, 5.41) is 6.17. The molecule has 2 heterocycles. The summed E-state index contributed by atoms with van der Waals surface area (Å²) in [6.07, 6.45) is 3.42. The lowest BCUT2D eigenvalue weighted by atomic mass is 10.0. The fourth-order valence-electron chi connectivity index (χ4n) is 1.97. The van der Waals surface area contributed by atoms with Gasteiger partial charge in [0, 0.05) is 12.6 Å². The molecule has 18 heavy (non-hydrogen) atoms. The van der Waals surface area contributed by atoms with Crippen molar-refractivity contribution in [2.45, 2.75) is 19.8 Å². The maximum atomic E-state index is 11.8. The van der Waals surface area contributed by atoms with Crippen molar-refractivity contribution < 1.29 is 4.79 Å². The van der Waals surface area contributed by atoms with Gasteiger partial charge in [0.15, 0.2) is 0 Å². The monoisotopic (exact) mass is 291 g/mol. The maximum absolute atomic E-state index is 11.8. The van der Waals surface area contributed by atoms with Crippen molar-refractivity contribution in [1.29, 1.82) is 0 Å². The van der Waals surface area contributed by atoms with Gasteiger partial charge in [-0.25, -0.2) is 0 Å². The number of halogens is 2. The zero-order valence-corrected chi connectivity index (χ0v) is 11.9. The Bertz CT molecular complexity index is 381. The number of carbonyl (C=O) groups excluding carboxylic acids is 1. The van der Waals surface area contributed by atoms with Crippen LogP contribution in [0.25, 0.3) is 0 Å². The van der Waals surface area contributed by atoms with Crippen LogP contribution < -0.4 is 10.6 Å². The van der Waals surface area contributed by atoms with E-state index in [1.165, 1.54) is 0 Å². The zero-order chi connectivity index (χ0) is 11.4. The van der Waals surface area contributed by atoms with E-state index < -0.39 is 0 Å². The molecule has 1 aromatic heterocycles. The Morgan fingerprint density at radius 3 is 2.94 bits per heavy atom. The van der Waals surface area contributed by atoms with Crippen LogP contribution in [0.5, 0.6) is 0 Å². The number of anilines is 1. The Morgan fingerprint density at radius 1 is 1.56 bits per heavy atom. The molecule has 1 aromatic rings. The second kappa shape index (κ2) is 8.29. The number of hydrogen-bond acceptors (Lipinski definition) is 3. The van der Waals surface area contributed by atoms with Crippen molar-refractivity contribution in [2.75, 3.05) is 18.4 Å². The summed E-state index contributed by atoms with van der Waals surface area (Å²) in [6.45, 7) is 3.88. The number of amides is 1. The quantitative estimate of drug-likeness (QED) is 0.897. The van der Waals surface area contributed by atoms with Gasteiger partial charge in [-0.15, -0.1) is 24.8 Å². The fraction of sp³-hybridized carbons (Fsp3) is 0.500. The van der Waals surface area contributed by atoms with Crippen molar-refractivity contribution in [2.24, 2.45) is 5.92 Å². The van der Waals surface area contributed by atoms with Crippen LogP contribution in [0.1, 0.15) is 18.5 Å². The van der Waals surface area contributed by atoms with E-state index >= 15 is 0 Å². The summed E-state index contributed by atoms with van der Waals surface area (Å²) in [6, 6.07) is 3.72. The Kier molecular flexibility index (Phi) is 7.91. The van der Waals surface area contributed by atoms with Crippen LogP contribution in [0.15, 0.2) is 18.3 Å². The number of pyridine rings is 1. The largest absolute Gasteiger partial charge is 0.324 e. The highest BCUT2D eigenvalue weighted by Crippen LogP contribution is 2.15. The number of carbonyl (C=O) groups is 1. The molecule has 1 amide bonds.